The number of thioether (sulfide) groups is 1. The van der Waals surface area contributed by atoms with Gasteiger partial charge in [-0.15, -0.1) is 0 Å². The molecule has 41 heavy (non-hydrogen) atoms. The zero-order chi connectivity index (χ0) is 29.0. The molecule has 3 aromatic rings. The van der Waals surface area contributed by atoms with Crippen LogP contribution in [-0.4, -0.2) is 64.7 Å². The normalized spacial score (nSPS) is 18.9. The molecule has 1 fully saturated rings. The molecule has 0 aliphatic carbocycles. The molecule has 3 heterocycles. The third-order valence-electron chi connectivity index (χ3n) is 7.28. The highest BCUT2D eigenvalue weighted by Gasteiger charge is 2.29. The lowest BCUT2D eigenvalue weighted by Gasteiger charge is -2.31. The maximum Gasteiger partial charge on any atom is 0.286 e. The lowest BCUT2D eigenvalue weighted by Crippen LogP contribution is -2.37. The molecule has 0 spiro atoms. The third-order valence-corrected chi connectivity index (χ3v) is 10.2. The minimum atomic E-state index is -3.67. The molecule has 0 radical (unpaired) electrons. The van der Waals surface area contributed by atoms with Crippen molar-refractivity contribution < 1.29 is 13.2 Å². The van der Waals surface area contributed by atoms with Gasteiger partial charge >= 0.3 is 0 Å². The number of amides is 1. The molecule has 0 saturated carbocycles. The molecule has 1 aromatic heterocycles. The molecule has 1 atom stereocenters. The standard InChI is InChI=1S/C31H37N5O3S2/c1-4-16-35(17-5-2)41(38,39)27-15-9-12-24(19-27)29-25(22-36(33-29)26-13-7-6-8-14-26)20-28-30(37)32-31(40-28)34-18-10-11-23(3)21-34/h6-9,12-15,19-20,22-23H,4-5,10-11,16-18,21H2,1-3H3. The first-order valence-corrected chi connectivity index (χ1v) is 16.6. The third kappa shape index (κ3) is 6.50. The molecule has 8 nitrogen and oxygen atoms in total. The van der Waals surface area contributed by atoms with E-state index in [9.17, 15) is 13.2 Å². The van der Waals surface area contributed by atoms with Crippen LogP contribution in [0.3, 0.4) is 0 Å². The van der Waals surface area contributed by atoms with Crippen molar-refractivity contribution in [1.29, 1.82) is 0 Å². The molecule has 2 aliphatic rings. The average molecular weight is 592 g/mol. The molecule has 1 amide bonds. The number of likely N-dealkylation sites (tertiary alicyclic amines) is 1. The monoisotopic (exact) mass is 591 g/mol. The van der Waals surface area contributed by atoms with Crippen molar-refractivity contribution in [2.45, 2.75) is 51.3 Å². The summed E-state index contributed by atoms with van der Waals surface area (Å²) in [6.45, 7) is 8.94. The fraction of sp³-hybridized carbons (Fsp3) is 0.387. The zero-order valence-electron chi connectivity index (χ0n) is 23.9. The average Bonchev–Trinajstić information content (AvgIpc) is 3.57. The maximum atomic E-state index is 13.6. The van der Waals surface area contributed by atoms with Crippen molar-refractivity contribution in [3.63, 3.8) is 0 Å². The predicted octanol–water partition coefficient (Wildman–Crippen LogP) is 6.05. The van der Waals surface area contributed by atoms with Crippen LogP contribution in [0.1, 0.15) is 52.0 Å². The molecular formula is C31H37N5O3S2. The Morgan fingerprint density at radius 1 is 1.07 bits per heavy atom. The van der Waals surface area contributed by atoms with Crippen LogP contribution in [0.25, 0.3) is 23.0 Å². The van der Waals surface area contributed by atoms with E-state index in [0.29, 0.717) is 35.2 Å². The van der Waals surface area contributed by atoms with Crippen LogP contribution in [0.5, 0.6) is 0 Å². The molecule has 5 rings (SSSR count). The number of carbonyl (C=O) groups excluding carboxylic acids is 1. The number of sulfonamides is 1. The van der Waals surface area contributed by atoms with Crippen LogP contribution >= 0.6 is 11.8 Å². The highest BCUT2D eigenvalue weighted by molar-refractivity contribution is 8.18. The summed E-state index contributed by atoms with van der Waals surface area (Å²) in [5, 5.41) is 5.63. The van der Waals surface area contributed by atoms with Gasteiger partial charge in [-0.25, -0.2) is 13.1 Å². The number of hydrogen-bond donors (Lipinski definition) is 0. The van der Waals surface area contributed by atoms with Crippen LogP contribution in [-0.2, 0) is 14.8 Å². The second kappa shape index (κ2) is 12.8. The first-order valence-electron chi connectivity index (χ1n) is 14.3. The number of nitrogens with zero attached hydrogens (tertiary/aromatic N) is 5. The molecule has 2 aliphatic heterocycles. The molecule has 10 heteroatoms. The lowest BCUT2D eigenvalue weighted by molar-refractivity contribution is -0.113. The molecule has 2 aromatic carbocycles. The molecule has 0 bridgehead atoms. The minimum Gasteiger partial charge on any atom is -0.351 e. The summed E-state index contributed by atoms with van der Waals surface area (Å²) < 4.78 is 30.4. The largest absolute Gasteiger partial charge is 0.351 e. The Kier molecular flexibility index (Phi) is 9.11. The first-order chi connectivity index (χ1) is 19.8. The van der Waals surface area contributed by atoms with Crippen molar-refractivity contribution in [2.24, 2.45) is 10.9 Å². The van der Waals surface area contributed by atoms with Crippen molar-refractivity contribution in [1.82, 2.24) is 19.0 Å². The maximum absolute atomic E-state index is 13.6. The van der Waals surface area contributed by atoms with Gasteiger partial charge in [-0.2, -0.15) is 14.4 Å². The van der Waals surface area contributed by atoms with Gasteiger partial charge in [0.05, 0.1) is 15.5 Å². The highest BCUT2D eigenvalue weighted by atomic mass is 32.2. The molecule has 0 N–H and O–H groups in total. The summed E-state index contributed by atoms with van der Waals surface area (Å²) in [6.07, 6.45) is 7.48. The predicted molar refractivity (Wildman–Crippen MR) is 166 cm³/mol. The number of piperidine rings is 1. The number of rotatable bonds is 9. The van der Waals surface area contributed by atoms with E-state index >= 15 is 0 Å². The summed E-state index contributed by atoms with van der Waals surface area (Å²) in [5.74, 6) is 0.313. The Hall–Kier alpha value is -3.21. The van der Waals surface area contributed by atoms with E-state index in [1.807, 2.05) is 62.5 Å². The number of carbonyl (C=O) groups is 1. The summed E-state index contributed by atoms with van der Waals surface area (Å²) in [6, 6.07) is 16.7. The van der Waals surface area contributed by atoms with Crippen LogP contribution < -0.4 is 0 Å². The van der Waals surface area contributed by atoms with E-state index in [-0.39, 0.29) is 10.8 Å². The Morgan fingerprint density at radius 3 is 2.54 bits per heavy atom. The van der Waals surface area contributed by atoms with Crippen molar-refractivity contribution in [3.05, 3.63) is 71.3 Å². The van der Waals surface area contributed by atoms with Crippen LogP contribution in [0.15, 0.2) is 75.6 Å². The van der Waals surface area contributed by atoms with Gasteiger partial charge in [-0.1, -0.05) is 51.1 Å². The number of para-hydroxylation sites is 1. The lowest BCUT2D eigenvalue weighted by atomic mass is 10.0. The van der Waals surface area contributed by atoms with Crippen LogP contribution in [0, 0.1) is 5.92 Å². The van der Waals surface area contributed by atoms with E-state index in [0.717, 1.165) is 48.8 Å². The van der Waals surface area contributed by atoms with Gasteiger partial charge < -0.3 is 4.90 Å². The fourth-order valence-corrected chi connectivity index (χ4v) is 7.88. The second-order valence-corrected chi connectivity index (χ2v) is 13.6. The summed E-state index contributed by atoms with van der Waals surface area (Å²) in [5.41, 5.74) is 2.86. The number of hydrogen-bond acceptors (Lipinski definition) is 6. The van der Waals surface area contributed by atoms with Crippen molar-refractivity contribution in [2.75, 3.05) is 26.2 Å². The Morgan fingerprint density at radius 2 is 1.83 bits per heavy atom. The van der Waals surface area contributed by atoms with Crippen molar-refractivity contribution in [3.8, 4) is 16.9 Å². The molecule has 1 saturated heterocycles. The Labute approximate surface area is 247 Å². The fourth-order valence-electron chi connectivity index (χ4n) is 5.27. The van der Waals surface area contributed by atoms with Crippen LogP contribution in [0.2, 0.25) is 0 Å². The molecule has 1 unspecified atom stereocenters. The number of amidine groups is 1. The van der Waals surface area contributed by atoms with Gasteiger partial charge in [0.15, 0.2) is 5.17 Å². The number of benzene rings is 2. The summed E-state index contributed by atoms with van der Waals surface area (Å²) in [7, 11) is -3.67. The van der Waals surface area contributed by atoms with E-state index in [2.05, 4.69) is 16.8 Å². The smallest absolute Gasteiger partial charge is 0.286 e. The van der Waals surface area contributed by atoms with Gasteiger partial charge in [0, 0.05) is 43.5 Å². The molecular weight excluding hydrogens is 555 g/mol. The summed E-state index contributed by atoms with van der Waals surface area (Å²) >= 11 is 1.40. The van der Waals surface area contributed by atoms with E-state index in [1.165, 1.54) is 18.2 Å². The Balaban J connectivity index is 1.53. The van der Waals surface area contributed by atoms with Gasteiger partial charge in [0.2, 0.25) is 10.0 Å². The quantitative estimate of drug-likeness (QED) is 0.282. The van der Waals surface area contributed by atoms with Crippen molar-refractivity contribution >= 4 is 38.9 Å². The van der Waals surface area contributed by atoms with Gasteiger partial charge in [-0.3, -0.25) is 4.79 Å². The number of aromatic nitrogens is 2. The highest BCUT2D eigenvalue weighted by Crippen LogP contribution is 2.35. The Bertz CT molecular complexity index is 1560. The minimum absolute atomic E-state index is 0.237. The van der Waals surface area contributed by atoms with Gasteiger partial charge in [0.1, 0.15) is 5.69 Å². The SMILES string of the molecule is CCCN(CCC)S(=O)(=O)c1cccc(-c2nn(-c3ccccc3)cc2C=C2SC(N3CCCC(C)C3)=NC2=O)c1. The first kappa shape index (κ1) is 29.3. The summed E-state index contributed by atoms with van der Waals surface area (Å²) in [4.78, 5) is 20.4. The topological polar surface area (TPSA) is 87.9 Å². The molecule has 216 valence electrons. The van der Waals surface area contributed by atoms with E-state index in [4.69, 9.17) is 5.10 Å². The van der Waals surface area contributed by atoms with E-state index < -0.39 is 10.0 Å². The second-order valence-electron chi connectivity index (χ2n) is 10.6. The van der Waals surface area contributed by atoms with Gasteiger partial charge in [-0.05, 0) is 73.7 Å². The van der Waals surface area contributed by atoms with Gasteiger partial charge in [0.25, 0.3) is 5.91 Å². The van der Waals surface area contributed by atoms with Crippen LogP contribution in [0.4, 0.5) is 0 Å². The van der Waals surface area contributed by atoms with E-state index in [1.54, 1.807) is 27.2 Å². The number of aliphatic imine (C=N–C) groups is 1. The zero-order valence-corrected chi connectivity index (χ0v) is 25.5.